The molecule has 1 aromatic rings. The van der Waals surface area contributed by atoms with E-state index in [1.54, 1.807) is 6.07 Å². The van der Waals surface area contributed by atoms with Crippen LogP contribution in [0.1, 0.15) is 12.5 Å². The van der Waals surface area contributed by atoms with E-state index in [-0.39, 0.29) is 11.3 Å². The average molecular weight is 252 g/mol. The lowest BCUT2D eigenvalue weighted by Gasteiger charge is -2.39. The second-order valence-electron chi connectivity index (χ2n) is 4.64. The van der Waals surface area contributed by atoms with Gasteiger partial charge in [-0.3, -0.25) is 10.1 Å². The molecule has 0 atom stereocenters. The van der Waals surface area contributed by atoms with E-state index in [0.717, 1.165) is 18.7 Å². The first kappa shape index (κ1) is 12.8. The molecular formula is C12H16N2O4. The lowest BCUT2D eigenvalue weighted by molar-refractivity contribution is -0.385. The monoisotopic (exact) mass is 252 g/mol. The molecule has 6 heteroatoms. The molecule has 0 aliphatic carbocycles. The largest absolute Gasteiger partial charge is 0.496 e. The molecule has 1 N–H and O–H groups in total. The Kier molecular flexibility index (Phi) is 3.49. The normalized spacial score (nSPS) is 17.0. The highest BCUT2D eigenvalue weighted by Crippen LogP contribution is 2.25. The van der Waals surface area contributed by atoms with Crippen LogP contribution < -0.4 is 10.1 Å². The van der Waals surface area contributed by atoms with Gasteiger partial charge >= 0.3 is 0 Å². The number of benzene rings is 1. The Balaban J connectivity index is 2.11. The maximum absolute atomic E-state index is 10.8. The van der Waals surface area contributed by atoms with Crippen molar-refractivity contribution in [3.63, 3.8) is 0 Å². The van der Waals surface area contributed by atoms with E-state index in [1.807, 2.05) is 6.92 Å². The SMILES string of the molecule is COc1cc(COC2(C)CNC2)cc([N+](=O)[O-])c1. The highest BCUT2D eigenvalue weighted by Gasteiger charge is 2.32. The molecule has 18 heavy (non-hydrogen) atoms. The molecule has 98 valence electrons. The molecule has 0 amide bonds. The van der Waals surface area contributed by atoms with E-state index in [2.05, 4.69) is 5.32 Å². The Morgan fingerprint density at radius 3 is 2.67 bits per heavy atom. The number of hydrogen-bond acceptors (Lipinski definition) is 5. The molecule has 1 fully saturated rings. The third-order valence-electron chi connectivity index (χ3n) is 2.98. The van der Waals surface area contributed by atoms with Gasteiger partial charge in [0.2, 0.25) is 0 Å². The van der Waals surface area contributed by atoms with Crippen LogP contribution in [0.5, 0.6) is 5.75 Å². The quantitative estimate of drug-likeness (QED) is 0.634. The van der Waals surface area contributed by atoms with E-state index in [9.17, 15) is 10.1 Å². The number of rotatable bonds is 5. The second kappa shape index (κ2) is 4.91. The Bertz CT molecular complexity index is 457. The van der Waals surface area contributed by atoms with Crippen molar-refractivity contribution < 1.29 is 14.4 Å². The van der Waals surface area contributed by atoms with Crippen molar-refractivity contribution in [1.29, 1.82) is 0 Å². The summed E-state index contributed by atoms with van der Waals surface area (Å²) in [6, 6.07) is 4.66. The smallest absolute Gasteiger partial charge is 0.273 e. The molecule has 0 saturated carbocycles. The van der Waals surface area contributed by atoms with Gasteiger partial charge in [-0.1, -0.05) is 0 Å². The minimum atomic E-state index is -0.432. The molecule has 0 bridgehead atoms. The zero-order chi connectivity index (χ0) is 13.2. The van der Waals surface area contributed by atoms with Gasteiger partial charge in [-0.25, -0.2) is 0 Å². The molecule has 0 aromatic heterocycles. The summed E-state index contributed by atoms with van der Waals surface area (Å²) in [4.78, 5) is 10.4. The predicted octanol–water partition coefficient (Wildman–Crippen LogP) is 1.48. The Hall–Kier alpha value is -1.66. The maximum Gasteiger partial charge on any atom is 0.273 e. The lowest BCUT2D eigenvalue weighted by Crippen LogP contribution is -2.58. The lowest BCUT2D eigenvalue weighted by atomic mass is 10.00. The van der Waals surface area contributed by atoms with Gasteiger partial charge in [0.1, 0.15) is 5.75 Å². The van der Waals surface area contributed by atoms with E-state index in [0.29, 0.717) is 12.4 Å². The van der Waals surface area contributed by atoms with Crippen LogP contribution in [0.15, 0.2) is 18.2 Å². The van der Waals surface area contributed by atoms with Crippen LogP contribution in [0.25, 0.3) is 0 Å². The second-order valence-corrected chi connectivity index (χ2v) is 4.64. The molecule has 0 spiro atoms. The highest BCUT2D eigenvalue weighted by molar-refractivity contribution is 5.42. The third-order valence-corrected chi connectivity index (χ3v) is 2.98. The standard InChI is InChI=1S/C12H16N2O4/c1-12(7-13-8-12)18-6-9-3-10(14(15)16)5-11(4-9)17-2/h3-5,13H,6-8H2,1-2H3. The summed E-state index contributed by atoms with van der Waals surface area (Å²) in [5, 5.41) is 13.9. The van der Waals surface area contributed by atoms with Gasteiger partial charge in [0.25, 0.3) is 5.69 Å². The van der Waals surface area contributed by atoms with E-state index >= 15 is 0 Å². The summed E-state index contributed by atoms with van der Waals surface area (Å²) in [5.41, 5.74) is 0.594. The molecule has 1 aliphatic heterocycles. The fourth-order valence-electron chi connectivity index (χ4n) is 1.79. The predicted molar refractivity (Wildman–Crippen MR) is 65.7 cm³/mol. The fourth-order valence-corrected chi connectivity index (χ4v) is 1.79. The molecule has 0 radical (unpaired) electrons. The number of non-ortho nitro benzene ring substituents is 1. The van der Waals surface area contributed by atoms with Gasteiger partial charge in [-0.15, -0.1) is 0 Å². The van der Waals surface area contributed by atoms with Crippen molar-refractivity contribution in [2.24, 2.45) is 0 Å². The van der Waals surface area contributed by atoms with E-state index < -0.39 is 4.92 Å². The Labute approximate surface area is 105 Å². The van der Waals surface area contributed by atoms with Gasteiger partial charge in [0, 0.05) is 19.2 Å². The highest BCUT2D eigenvalue weighted by atomic mass is 16.6. The van der Waals surface area contributed by atoms with Crippen molar-refractivity contribution in [1.82, 2.24) is 5.32 Å². The fraction of sp³-hybridized carbons (Fsp3) is 0.500. The van der Waals surface area contributed by atoms with Crippen LogP contribution >= 0.6 is 0 Å². The number of nitro groups is 1. The topological polar surface area (TPSA) is 73.6 Å². The number of methoxy groups -OCH3 is 1. The minimum absolute atomic E-state index is 0.0184. The maximum atomic E-state index is 10.8. The summed E-state index contributed by atoms with van der Waals surface area (Å²) >= 11 is 0. The molecule has 1 saturated heterocycles. The van der Waals surface area contributed by atoms with Gasteiger partial charge in [0.15, 0.2) is 0 Å². The van der Waals surface area contributed by atoms with Crippen molar-refractivity contribution >= 4 is 5.69 Å². The summed E-state index contributed by atoms with van der Waals surface area (Å²) in [7, 11) is 1.49. The molecule has 2 rings (SSSR count). The van der Waals surface area contributed by atoms with Crippen LogP contribution in [0, 0.1) is 10.1 Å². The molecule has 1 aliphatic rings. The summed E-state index contributed by atoms with van der Waals surface area (Å²) in [6.45, 7) is 3.96. The van der Waals surface area contributed by atoms with Gasteiger partial charge in [0.05, 0.1) is 30.3 Å². The number of nitrogens with zero attached hydrogens (tertiary/aromatic N) is 1. The molecule has 0 unspecified atom stereocenters. The van der Waals surface area contributed by atoms with Crippen molar-refractivity contribution in [3.8, 4) is 5.75 Å². The van der Waals surface area contributed by atoms with Crippen LogP contribution in [-0.2, 0) is 11.3 Å². The number of ether oxygens (including phenoxy) is 2. The number of nitro benzene ring substituents is 1. The number of nitrogens with one attached hydrogen (secondary N) is 1. The first-order valence-electron chi connectivity index (χ1n) is 5.69. The molecule has 1 aromatic carbocycles. The van der Waals surface area contributed by atoms with E-state index in [1.165, 1.54) is 19.2 Å². The summed E-state index contributed by atoms with van der Waals surface area (Å²) in [5.74, 6) is 0.472. The van der Waals surface area contributed by atoms with Crippen molar-refractivity contribution in [3.05, 3.63) is 33.9 Å². The molecule has 6 nitrogen and oxygen atoms in total. The van der Waals surface area contributed by atoms with Crippen LogP contribution in [-0.4, -0.2) is 30.7 Å². The van der Waals surface area contributed by atoms with E-state index in [4.69, 9.17) is 9.47 Å². The first-order valence-corrected chi connectivity index (χ1v) is 5.69. The summed E-state index contributed by atoms with van der Waals surface area (Å²) < 4.78 is 10.8. The van der Waals surface area contributed by atoms with Crippen LogP contribution in [0.2, 0.25) is 0 Å². The Morgan fingerprint density at radius 2 is 2.17 bits per heavy atom. The third kappa shape index (κ3) is 2.77. The van der Waals surface area contributed by atoms with Gasteiger partial charge in [-0.05, 0) is 18.6 Å². The minimum Gasteiger partial charge on any atom is -0.496 e. The zero-order valence-corrected chi connectivity index (χ0v) is 10.4. The molecule has 1 heterocycles. The van der Waals surface area contributed by atoms with Crippen LogP contribution in [0.3, 0.4) is 0 Å². The number of hydrogen-bond donors (Lipinski definition) is 1. The summed E-state index contributed by atoms with van der Waals surface area (Å²) in [6.07, 6.45) is 0. The zero-order valence-electron chi connectivity index (χ0n) is 10.4. The first-order chi connectivity index (χ1) is 8.52. The van der Waals surface area contributed by atoms with Gasteiger partial charge in [-0.2, -0.15) is 0 Å². The Morgan fingerprint density at radius 1 is 1.44 bits per heavy atom. The van der Waals surface area contributed by atoms with Crippen molar-refractivity contribution in [2.45, 2.75) is 19.1 Å². The molecular weight excluding hydrogens is 236 g/mol. The average Bonchev–Trinajstić information content (AvgIpc) is 2.33. The van der Waals surface area contributed by atoms with Crippen molar-refractivity contribution in [2.75, 3.05) is 20.2 Å². The van der Waals surface area contributed by atoms with Crippen LogP contribution in [0.4, 0.5) is 5.69 Å². The van der Waals surface area contributed by atoms with Gasteiger partial charge < -0.3 is 14.8 Å².